The Balaban J connectivity index is 1.84. The van der Waals surface area contributed by atoms with Crippen molar-refractivity contribution in [2.24, 2.45) is 0 Å². The highest BCUT2D eigenvalue weighted by Crippen LogP contribution is 2.26. The van der Waals surface area contributed by atoms with E-state index in [1.807, 2.05) is 64.1 Å². The molecule has 3 rings (SSSR count). The Morgan fingerprint density at radius 2 is 1.56 bits per heavy atom. The van der Waals surface area contributed by atoms with E-state index in [1.54, 1.807) is 36.4 Å². The van der Waals surface area contributed by atoms with E-state index in [4.69, 9.17) is 0 Å². The highest BCUT2D eigenvalue weighted by Gasteiger charge is 2.27. The number of carbonyl (C=O) groups excluding carboxylic acids is 1. The van der Waals surface area contributed by atoms with Gasteiger partial charge in [0.2, 0.25) is 5.91 Å². The van der Waals surface area contributed by atoms with Crippen molar-refractivity contribution < 1.29 is 13.2 Å². The minimum atomic E-state index is -3.91. The molecular formula is C26H30N2O3S. The van der Waals surface area contributed by atoms with Crippen molar-refractivity contribution in [2.75, 3.05) is 17.4 Å². The van der Waals surface area contributed by atoms with Crippen molar-refractivity contribution in [3.05, 3.63) is 95.1 Å². The normalized spacial score (nSPS) is 12.2. The van der Waals surface area contributed by atoms with Gasteiger partial charge in [0.1, 0.15) is 6.54 Å². The molecule has 0 bridgehead atoms. The van der Waals surface area contributed by atoms with Gasteiger partial charge in [-0.15, -0.1) is 0 Å². The quantitative estimate of drug-likeness (QED) is 0.540. The van der Waals surface area contributed by atoms with Crippen LogP contribution in [0.5, 0.6) is 0 Å². The van der Waals surface area contributed by atoms with E-state index in [-0.39, 0.29) is 23.3 Å². The van der Waals surface area contributed by atoms with Crippen molar-refractivity contribution in [2.45, 2.75) is 38.5 Å². The number of hydrogen-bond donors (Lipinski definition) is 1. The molecule has 0 heterocycles. The molecular weight excluding hydrogens is 420 g/mol. The molecule has 0 aliphatic heterocycles. The molecule has 0 spiro atoms. The van der Waals surface area contributed by atoms with Crippen LogP contribution in [-0.2, 0) is 14.8 Å². The van der Waals surface area contributed by atoms with E-state index in [1.165, 1.54) is 4.31 Å². The van der Waals surface area contributed by atoms with Gasteiger partial charge in [-0.2, -0.15) is 0 Å². The number of rotatable bonds is 8. The van der Waals surface area contributed by atoms with E-state index in [2.05, 4.69) is 5.32 Å². The first-order chi connectivity index (χ1) is 15.2. The molecule has 168 valence electrons. The third kappa shape index (κ3) is 5.56. The van der Waals surface area contributed by atoms with Crippen molar-refractivity contribution in [1.82, 2.24) is 5.32 Å². The number of sulfonamides is 1. The van der Waals surface area contributed by atoms with Gasteiger partial charge in [-0.05, 0) is 67.6 Å². The van der Waals surface area contributed by atoms with Gasteiger partial charge >= 0.3 is 0 Å². The van der Waals surface area contributed by atoms with Crippen LogP contribution in [0.3, 0.4) is 0 Å². The van der Waals surface area contributed by atoms with E-state index in [0.29, 0.717) is 12.2 Å². The van der Waals surface area contributed by atoms with E-state index < -0.39 is 10.0 Å². The average molecular weight is 451 g/mol. The summed E-state index contributed by atoms with van der Waals surface area (Å²) in [6, 6.07) is 22.0. The first-order valence-corrected chi connectivity index (χ1v) is 12.1. The summed E-state index contributed by atoms with van der Waals surface area (Å²) in [6.07, 6.45) is 0. The van der Waals surface area contributed by atoms with Crippen LogP contribution in [0.15, 0.2) is 77.7 Å². The molecule has 0 aliphatic carbocycles. The lowest BCUT2D eigenvalue weighted by Gasteiger charge is -2.25. The number of nitrogens with zero attached hydrogens (tertiary/aromatic N) is 1. The second-order valence-corrected chi connectivity index (χ2v) is 10.1. The molecule has 5 nitrogen and oxygen atoms in total. The topological polar surface area (TPSA) is 66.5 Å². The van der Waals surface area contributed by atoms with Gasteiger partial charge in [-0.25, -0.2) is 8.42 Å². The average Bonchev–Trinajstić information content (AvgIpc) is 2.78. The fourth-order valence-corrected chi connectivity index (χ4v) is 4.80. The standard InChI is InChI=1S/C26H30N2O3S/c1-19-10-14-25(15-11-19)32(30,31)28(24-13-12-20(2)21(3)16-24)18-26(29)27-17-22(4)23-8-6-5-7-9-23/h5-16,22H,17-18H2,1-4H3,(H,27,29)/t22-/m0/s1. The molecule has 1 N–H and O–H groups in total. The van der Waals surface area contributed by atoms with Crippen molar-refractivity contribution >= 4 is 21.6 Å². The monoisotopic (exact) mass is 450 g/mol. The zero-order valence-corrected chi connectivity index (χ0v) is 19.8. The molecule has 3 aromatic rings. The number of anilines is 1. The maximum absolute atomic E-state index is 13.5. The zero-order valence-electron chi connectivity index (χ0n) is 19.0. The van der Waals surface area contributed by atoms with Crippen LogP contribution in [0.2, 0.25) is 0 Å². The van der Waals surface area contributed by atoms with Crippen LogP contribution >= 0.6 is 0 Å². The van der Waals surface area contributed by atoms with Crippen LogP contribution in [0, 0.1) is 20.8 Å². The lowest BCUT2D eigenvalue weighted by Crippen LogP contribution is -2.41. The Morgan fingerprint density at radius 1 is 0.906 bits per heavy atom. The number of amides is 1. The Kier molecular flexibility index (Phi) is 7.36. The van der Waals surface area contributed by atoms with Gasteiger partial charge in [0, 0.05) is 6.54 Å². The van der Waals surface area contributed by atoms with Gasteiger partial charge in [0.25, 0.3) is 10.0 Å². The number of benzene rings is 3. The molecule has 0 saturated carbocycles. The molecule has 0 unspecified atom stereocenters. The molecule has 32 heavy (non-hydrogen) atoms. The number of hydrogen-bond acceptors (Lipinski definition) is 3. The highest BCUT2D eigenvalue weighted by molar-refractivity contribution is 7.92. The third-order valence-electron chi connectivity index (χ3n) is 5.65. The molecule has 0 radical (unpaired) electrons. The fourth-order valence-electron chi connectivity index (χ4n) is 3.39. The zero-order chi connectivity index (χ0) is 23.3. The van der Waals surface area contributed by atoms with Crippen LogP contribution in [0.4, 0.5) is 5.69 Å². The summed E-state index contributed by atoms with van der Waals surface area (Å²) in [4.78, 5) is 13.0. The fraction of sp³-hybridized carbons (Fsp3) is 0.269. The number of nitrogens with one attached hydrogen (secondary N) is 1. The van der Waals surface area contributed by atoms with Gasteiger partial charge in [-0.1, -0.05) is 61.0 Å². The molecule has 3 aromatic carbocycles. The minimum absolute atomic E-state index is 0.115. The van der Waals surface area contributed by atoms with E-state index in [0.717, 1.165) is 22.3 Å². The Labute approximate surface area is 191 Å². The van der Waals surface area contributed by atoms with Gasteiger partial charge < -0.3 is 5.32 Å². The molecule has 6 heteroatoms. The summed E-state index contributed by atoms with van der Waals surface area (Å²) in [5.74, 6) is -0.231. The summed E-state index contributed by atoms with van der Waals surface area (Å²) < 4.78 is 28.1. The minimum Gasteiger partial charge on any atom is -0.354 e. The summed E-state index contributed by atoms with van der Waals surface area (Å²) in [6.45, 7) is 7.96. The van der Waals surface area contributed by atoms with Crippen molar-refractivity contribution in [1.29, 1.82) is 0 Å². The highest BCUT2D eigenvalue weighted by atomic mass is 32.2. The van der Waals surface area contributed by atoms with Crippen LogP contribution in [0.25, 0.3) is 0 Å². The van der Waals surface area contributed by atoms with Crippen molar-refractivity contribution in [3.63, 3.8) is 0 Å². The molecule has 0 aliphatic rings. The van der Waals surface area contributed by atoms with E-state index in [9.17, 15) is 13.2 Å². The summed E-state index contributed by atoms with van der Waals surface area (Å²) >= 11 is 0. The van der Waals surface area contributed by atoms with Crippen LogP contribution in [-0.4, -0.2) is 27.4 Å². The SMILES string of the molecule is Cc1ccc(S(=O)(=O)N(CC(=O)NC[C@H](C)c2ccccc2)c2ccc(C)c(C)c2)cc1. The number of aryl methyl sites for hydroxylation is 3. The van der Waals surface area contributed by atoms with Gasteiger partial charge in [0.15, 0.2) is 0 Å². The summed E-state index contributed by atoms with van der Waals surface area (Å²) in [5, 5.41) is 2.89. The first-order valence-electron chi connectivity index (χ1n) is 10.7. The van der Waals surface area contributed by atoms with Crippen LogP contribution in [0.1, 0.15) is 35.1 Å². The van der Waals surface area contributed by atoms with Crippen LogP contribution < -0.4 is 9.62 Å². The van der Waals surface area contributed by atoms with Gasteiger partial charge in [-0.3, -0.25) is 9.10 Å². The first kappa shape index (κ1) is 23.5. The number of carbonyl (C=O) groups is 1. The Bertz CT molecular complexity index is 1170. The lowest BCUT2D eigenvalue weighted by atomic mass is 10.0. The van der Waals surface area contributed by atoms with E-state index >= 15 is 0 Å². The van der Waals surface area contributed by atoms with Gasteiger partial charge in [0.05, 0.1) is 10.6 Å². The lowest BCUT2D eigenvalue weighted by molar-refractivity contribution is -0.119. The third-order valence-corrected chi connectivity index (χ3v) is 7.44. The smallest absolute Gasteiger partial charge is 0.264 e. The van der Waals surface area contributed by atoms with Crippen molar-refractivity contribution in [3.8, 4) is 0 Å². The maximum Gasteiger partial charge on any atom is 0.264 e. The molecule has 0 aromatic heterocycles. The Morgan fingerprint density at radius 3 is 2.19 bits per heavy atom. The second-order valence-electron chi connectivity index (χ2n) is 8.21. The molecule has 1 atom stereocenters. The molecule has 1 amide bonds. The predicted molar refractivity (Wildman–Crippen MR) is 129 cm³/mol. The summed E-state index contributed by atoms with van der Waals surface area (Å²) in [7, 11) is -3.91. The maximum atomic E-state index is 13.5. The molecule has 0 saturated heterocycles. The predicted octanol–water partition coefficient (Wildman–Crippen LogP) is 4.73. The Hall–Kier alpha value is -3.12. The molecule has 0 fully saturated rings. The second kappa shape index (κ2) is 10.0. The summed E-state index contributed by atoms with van der Waals surface area (Å²) in [5.41, 5.74) is 4.58. The largest absolute Gasteiger partial charge is 0.354 e.